The van der Waals surface area contributed by atoms with Gasteiger partial charge in [-0.15, -0.1) is 0 Å². The number of nitrogens with zero attached hydrogens (tertiary/aromatic N) is 1. The summed E-state index contributed by atoms with van der Waals surface area (Å²) >= 11 is 1.68. The van der Waals surface area contributed by atoms with Gasteiger partial charge in [0, 0.05) is 11.3 Å². The summed E-state index contributed by atoms with van der Waals surface area (Å²) in [7, 11) is 3.69. The highest BCUT2D eigenvalue weighted by molar-refractivity contribution is 7.99. The van der Waals surface area contributed by atoms with Crippen molar-refractivity contribution < 1.29 is 9.15 Å². The van der Waals surface area contributed by atoms with Gasteiger partial charge in [0.15, 0.2) is 0 Å². The Morgan fingerprint density at radius 3 is 3.05 bits per heavy atom. The van der Waals surface area contributed by atoms with Crippen molar-refractivity contribution in [2.45, 2.75) is 22.9 Å². The average molecular weight is 276 g/mol. The smallest absolute Gasteiger partial charge is 0.255 e. The van der Waals surface area contributed by atoms with E-state index in [1.807, 2.05) is 13.1 Å². The first kappa shape index (κ1) is 12.6. The number of benzene rings is 1. The average Bonchev–Trinajstić information content (AvgIpc) is 3.05. The van der Waals surface area contributed by atoms with Crippen LogP contribution in [0.5, 0.6) is 5.75 Å². The van der Waals surface area contributed by atoms with Crippen molar-refractivity contribution >= 4 is 11.8 Å². The number of aromatic nitrogens is 1. The molecule has 1 N–H and O–H groups in total. The highest BCUT2D eigenvalue weighted by atomic mass is 32.2. The fourth-order valence-corrected chi connectivity index (χ4v) is 3.73. The quantitative estimate of drug-likeness (QED) is 0.930. The number of oxazole rings is 1. The van der Waals surface area contributed by atoms with Crippen LogP contribution in [0.1, 0.15) is 17.2 Å². The van der Waals surface area contributed by atoms with Crippen molar-refractivity contribution in [1.82, 2.24) is 10.3 Å². The summed E-state index contributed by atoms with van der Waals surface area (Å²) in [5.41, 5.74) is 2.68. The number of nitrogens with one attached hydrogen (secondary N) is 1. The molecular weight excluding hydrogens is 260 g/mol. The molecule has 0 saturated carbocycles. The zero-order chi connectivity index (χ0) is 13.2. The second kappa shape index (κ2) is 5.27. The van der Waals surface area contributed by atoms with Crippen molar-refractivity contribution in [3.63, 3.8) is 0 Å². The van der Waals surface area contributed by atoms with Crippen molar-refractivity contribution in [3.05, 3.63) is 41.8 Å². The lowest BCUT2D eigenvalue weighted by atomic mass is 10.1. The second-order valence-corrected chi connectivity index (χ2v) is 5.68. The first-order valence-electron chi connectivity index (χ1n) is 6.22. The molecule has 4 nitrogen and oxygen atoms in total. The molecular formula is C14H16N2O2S. The first-order chi connectivity index (χ1) is 9.31. The Kier molecular flexibility index (Phi) is 3.48. The van der Waals surface area contributed by atoms with Gasteiger partial charge in [-0.2, -0.15) is 0 Å². The van der Waals surface area contributed by atoms with E-state index in [1.165, 1.54) is 11.1 Å². The molecule has 2 atom stereocenters. The minimum atomic E-state index is 0.294. The Morgan fingerprint density at radius 2 is 2.37 bits per heavy atom. The Balaban J connectivity index is 1.86. The van der Waals surface area contributed by atoms with Crippen LogP contribution in [0.15, 0.2) is 40.3 Å². The molecule has 1 aromatic carbocycles. The van der Waals surface area contributed by atoms with Gasteiger partial charge in [-0.3, -0.25) is 0 Å². The van der Waals surface area contributed by atoms with Gasteiger partial charge in [-0.25, -0.2) is 4.98 Å². The summed E-state index contributed by atoms with van der Waals surface area (Å²) < 4.78 is 10.6. The summed E-state index contributed by atoms with van der Waals surface area (Å²) in [5.74, 6) is 0.903. The SMILES string of the molecule is CNC1c2cc(OC)ccc2CC1Sc1ncco1. The number of ether oxygens (including phenoxy) is 1. The largest absolute Gasteiger partial charge is 0.497 e. The highest BCUT2D eigenvalue weighted by Gasteiger charge is 2.33. The zero-order valence-corrected chi connectivity index (χ0v) is 11.7. The van der Waals surface area contributed by atoms with E-state index < -0.39 is 0 Å². The molecule has 19 heavy (non-hydrogen) atoms. The third kappa shape index (κ3) is 2.35. The molecule has 0 amide bonds. The maximum atomic E-state index is 5.33. The Labute approximate surface area is 116 Å². The molecule has 1 heterocycles. The fourth-order valence-electron chi connectivity index (χ4n) is 2.56. The number of rotatable bonds is 4. The third-order valence-electron chi connectivity index (χ3n) is 3.45. The summed E-state index contributed by atoms with van der Waals surface area (Å²) in [6, 6.07) is 6.58. The van der Waals surface area contributed by atoms with Gasteiger partial charge in [0.05, 0.1) is 13.3 Å². The molecule has 0 saturated heterocycles. The number of methoxy groups -OCH3 is 1. The van der Waals surface area contributed by atoms with Gasteiger partial charge >= 0.3 is 0 Å². The number of hydrogen-bond acceptors (Lipinski definition) is 5. The predicted molar refractivity (Wildman–Crippen MR) is 74.6 cm³/mol. The molecule has 0 aliphatic heterocycles. The van der Waals surface area contributed by atoms with E-state index >= 15 is 0 Å². The molecule has 1 aromatic heterocycles. The fraction of sp³-hybridized carbons (Fsp3) is 0.357. The Hall–Kier alpha value is -1.46. The lowest BCUT2D eigenvalue weighted by Crippen LogP contribution is -2.23. The summed E-state index contributed by atoms with van der Waals surface area (Å²) in [4.78, 5) is 4.19. The van der Waals surface area contributed by atoms with Crippen molar-refractivity contribution in [1.29, 1.82) is 0 Å². The van der Waals surface area contributed by atoms with Gasteiger partial charge in [0.2, 0.25) is 0 Å². The monoisotopic (exact) mass is 276 g/mol. The second-order valence-electron chi connectivity index (χ2n) is 4.49. The number of thioether (sulfide) groups is 1. The summed E-state index contributed by atoms with van der Waals surface area (Å²) in [6.07, 6.45) is 4.31. The Morgan fingerprint density at radius 1 is 1.47 bits per heavy atom. The predicted octanol–water partition coefficient (Wildman–Crippen LogP) is 2.66. The molecule has 0 radical (unpaired) electrons. The van der Waals surface area contributed by atoms with Crippen molar-refractivity contribution in [3.8, 4) is 5.75 Å². The van der Waals surface area contributed by atoms with Crippen LogP contribution in [0, 0.1) is 0 Å². The maximum absolute atomic E-state index is 5.33. The summed E-state index contributed by atoms with van der Waals surface area (Å²) in [5, 5.41) is 4.51. The van der Waals surface area contributed by atoms with Crippen LogP contribution < -0.4 is 10.1 Å². The van der Waals surface area contributed by atoms with E-state index in [9.17, 15) is 0 Å². The molecule has 1 aliphatic carbocycles. The van der Waals surface area contributed by atoms with E-state index in [2.05, 4.69) is 22.4 Å². The van der Waals surface area contributed by atoms with Gasteiger partial charge in [-0.1, -0.05) is 17.8 Å². The van der Waals surface area contributed by atoms with Crippen LogP contribution in [0.25, 0.3) is 0 Å². The highest BCUT2D eigenvalue weighted by Crippen LogP contribution is 2.41. The van der Waals surface area contributed by atoms with Gasteiger partial charge < -0.3 is 14.5 Å². The van der Waals surface area contributed by atoms with E-state index in [4.69, 9.17) is 9.15 Å². The lowest BCUT2D eigenvalue weighted by Gasteiger charge is -2.18. The van der Waals surface area contributed by atoms with Crippen LogP contribution in [0.4, 0.5) is 0 Å². The van der Waals surface area contributed by atoms with Gasteiger partial charge in [0.1, 0.15) is 12.0 Å². The molecule has 2 aromatic rings. The minimum Gasteiger partial charge on any atom is -0.497 e. The standard InChI is InChI=1S/C14H16N2O2S/c1-15-13-11-8-10(17-2)4-3-9(11)7-12(13)19-14-16-5-6-18-14/h3-6,8,12-13,15H,7H2,1-2H3. The molecule has 0 fully saturated rings. The normalized spacial score (nSPS) is 21.4. The van der Waals surface area contributed by atoms with Crippen molar-refractivity contribution in [2.75, 3.05) is 14.2 Å². The van der Waals surface area contributed by atoms with Crippen LogP contribution >= 0.6 is 11.8 Å². The van der Waals surface area contributed by atoms with Crippen LogP contribution in [0.2, 0.25) is 0 Å². The molecule has 3 rings (SSSR count). The van der Waals surface area contributed by atoms with Crippen molar-refractivity contribution in [2.24, 2.45) is 0 Å². The molecule has 0 bridgehead atoms. The maximum Gasteiger partial charge on any atom is 0.255 e. The first-order valence-corrected chi connectivity index (χ1v) is 7.10. The van der Waals surface area contributed by atoms with E-state index in [-0.39, 0.29) is 0 Å². The van der Waals surface area contributed by atoms with Crippen LogP contribution in [-0.4, -0.2) is 24.4 Å². The molecule has 2 unspecified atom stereocenters. The van der Waals surface area contributed by atoms with E-state index in [0.717, 1.165) is 17.4 Å². The van der Waals surface area contributed by atoms with Crippen LogP contribution in [0.3, 0.4) is 0 Å². The third-order valence-corrected chi connectivity index (χ3v) is 4.60. The zero-order valence-electron chi connectivity index (χ0n) is 10.9. The molecule has 100 valence electrons. The van der Waals surface area contributed by atoms with Crippen LogP contribution in [-0.2, 0) is 6.42 Å². The van der Waals surface area contributed by atoms with Gasteiger partial charge in [-0.05, 0) is 36.7 Å². The number of fused-ring (bicyclic) bond motifs is 1. The molecule has 0 spiro atoms. The van der Waals surface area contributed by atoms with Gasteiger partial charge in [0.25, 0.3) is 5.22 Å². The topological polar surface area (TPSA) is 47.3 Å². The van der Waals surface area contributed by atoms with E-state index in [1.54, 1.807) is 31.3 Å². The molecule has 5 heteroatoms. The number of hydrogen-bond donors (Lipinski definition) is 1. The molecule has 1 aliphatic rings. The summed E-state index contributed by atoms with van der Waals surface area (Å²) in [6.45, 7) is 0. The minimum absolute atomic E-state index is 0.294. The van der Waals surface area contributed by atoms with E-state index in [0.29, 0.717) is 11.3 Å². The lowest BCUT2D eigenvalue weighted by molar-refractivity contribution is 0.413. The Bertz CT molecular complexity index is 557.